The Morgan fingerprint density at radius 1 is 1.21 bits per heavy atom. The van der Waals surface area contributed by atoms with Gasteiger partial charge in [-0.2, -0.15) is 0 Å². The van der Waals surface area contributed by atoms with Crippen LogP contribution in [-0.2, 0) is 0 Å². The molecule has 7 heteroatoms. The summed E-state index contributed by atoms with van der Waals surface area (Å²) < 4.78 is 0.748. The molecule has 0 aliphatic heterocycles. The summed E-state index contributed by atoms with van der Waals surface area (Å²) in [6.45, 7) is 0. The smallest absolute Gasteiger partial charge is 0.140 e. The van der Waals surface area contributed by atoms with Crippen molar-refractivity contribution < 1.29 is 0 Å². The Balaban J connectivity index is 2.48. The van der Waals surface area contributed by atoms with Gasteiger partial charge < -0.3 is 0 Å². The zero-order chi connectivity index (χ0) is 14.0. The second kappa shape index (κ2) is 6.42. The van der Waals surface area contributed by atoms with Gasteiger partial charge in [-0.15, -0.1) is 0 Å². The van der Waals surface area contributed by atoms with Crippen LogP contribution in [0.3, 0.4) is 0 Å². The summed E-state index contributed by atoms with van der Waals surface area (Å²) in [6.07, 6.45) is 1.57. The molecule has 1 aromatic heterocycles. The molecule has 0 saturated carbocycles. The van der Waals surface area contributed by atoms with Crippen LogP contribution in [0.5, 0.6) is 0 Å². The van der Waals surface area contributed by atoms with E-state index in [0.717, 1.165) is 4.47 Å². The Hall–Kier alpha value is -0.320. The zero-order valence-electron chi connectivity index (χ0n) is 9.17. The maximum atomic E-state index is 6.15. The first-order chi connectivity index (χ1) is 8.99. The number of hydrogen-bond donors (Lipinski definition) is 0. The van der Waals surface area contributed by atoms with Gasteiger partial charge in [-0.05, 0) is 34.1 Å². The highest BCUT2D eigenvalue weighted by atomic mass is 79.9. The summed E-state index contributed by atoms with van der Waals surface area (Å²) in [5.74, 6) is 0. The van der Waals surface area contributed by atoms with Crippen LogP contribution in [0.25, 0.3) is 0 Å². The molecular formula is C12H5BrCl4N2. The third kappa shape index (κ3) is 3.61. The average Bonchev–Trinajstić information content (AvgIpc) is 2.38. The molecule has 1 aromatic carbocycles. The minimum atomic E-state index is 0.183. The number of halogens is 5. The molecule has 0 unspecified atom stereocenters. The summed E-state index contributed by atoms with van der Waals surface area (Å²) >= 11 is 27.4. The summed E-state index contributed by atoms with van der Waals surface area (Å²) in [4.78, 5) is 8.19. The first-order valence-electron chi connectivity index (χ1n) is 4.98. The quantitative estimate of drug-likeness (QED) is 0.441. The van der Waals surface area contributed by atoms with Crippen molar-refractivity contribution in [3.8, 4) is 0 Å². The Morgan fingerprint density at radius 3 is 2.68 bits per heavy atom. The number of hydrogen-bond acceptors (Lipinski definition) is 2. The van der Waals surface area contributed by atoms with Crippen molar-refractivity contribution in [2.75, 3.05) is 0 Å². The van der Waals surface area contributed by atoms with Crippen LogP contribution in [-0.4, -0.2) is 10.2 Å². The lowest BCUT2D eigenvalue weighted by atomic mass is 10.3. The highest BCUT2D eigenvalue weighted by molar-refractivity contribution is 9.10. The summed E-state index contributed by atoms with van der Waals surface area (Å²) in [5.41, 5.74) is 0.976. The molecule has 0 radical (unpaired) electrons. The van der Waals surface area contributed by atoms with E-state index in [0.29, 0.717) is 21.3 Å². The molecule has 0 bridgehead atoms. The van der Waals surface area contributed by atoms with Gasteiger partial charge in [0.1, 0.15) is 10.3 Å². The highest BCUT2D eigenvalue weighted by Crippen LogP contribution is 2.33. The van der Waals surface area contributed by atoms with Crippen LogP contribution in [0.1, 0.15) is 5.56 Å². The van der Waals surface area contributed by atoms with E-state index in [1.54, 1.807) is 30.5 Å². The van der Waals surface area contributed by atoms with Crippen LogP contribution >= 0.6 is 62.3 Å². The molecule has 98 valence electrons. The van der Waals surface area contributed by atoms with E-state index in [4.69, 9.17) is 46.4 Å². The average molecular weight is 399 g/mol. The van der Waals surface area contributed by atoms with Gasteiger partial charge in [0.25, 0.3) is 0 Å². The lowest BCUT2D eigenvalue weighted by Gasteiger charge is -2.04. The fourth-order valence-electron chi connectivity index (χ4n) is 1.31. The van der Waals surface area contributed by atoms with Gasteiger partial charge in [-0.25, -0.2) is 9.98 Å². The predicted molar refractivity (Wildman–Crippen MR) is 85.5 cm³/mol. The van der Waals surface area contributed by atoms with Crippen molar-refractivity contribution in [3.05, 3.63) is 55.7 Å². The van der Waals surface area contributed by atoms with E-state index < -0.39 is 0 Å². The summed E-state index contributed by atoms with van der Waals surface area (Å²) in [7, 11) is 0. The largest absolute Gasteiger partial charge is 0.243 e. The van der Waals surface area contributed by atoms with Crippen LogP contribution < -0.4 is 0 Å². The number of rotatable bonds is 2. The van der Waals surface area contributed by atoms with E-state index in [-0.39, 0.29) is 10.3 Å². The normalized spacial score (nSPS) is 11.7. The topological polar surface area (TPSA) is 25.2 Å². The molecule has 0 aliphatic carbocycles. The second-order valence-electron chi connectivity index (χ2n) is 3.47. The maximum absolute atomic E-state index is 6.15. The lowest BCUT2D eigenvalue weighted by molar-refractivity contribution is 1.30. The van der Waals surface area contributed by atoms with Gasteiger partial charge in [0.05, 0.1) is 21.3 Å². The van der Waals surface area contributed by atoms with E-state index in [2.05, 4.69) is 25.9 Å². The number of aliphatic imine (C=N–C) groups is 1. The first-order valence-corrected chi connectivity index (χ1v) is 7.29. The molecule has 2 rings (SSSR count). The molecule has 0 atom stereocenters. The number of pyridine rings is 1. The van der Waals surface area contributed by atoms with Crippen molar-refractivity contribution in [2.45, 2.75) is 0 Å². The van der Waals surface area contributed by atoms with E-state index in [1.165, 1.54) is 0 Å². The van der Waals surface area contributed by atoms with Crippen molar-refractivity contribution in [3.63, 3.8) is 0 Å². The molecule has 0 spiro atoms. The highest BCUT2D eigenvalue weighted by Gasteiger charge is 2.10. The van der Waals surface area contributed by atoms with Crippen LogP contribution in [0.15, 0.2) is 39.9 Å². The third-order valence-electron chi connectivity index (χ3n) is 2.18. The maximum Gasteiger partial charge on any atom is 0.140 e. The van der Waals surface area contributed by atoms with Gasteiger partial charge in [-0.1, -0.05) is 52.5 Å². The summed E-state index contributed by atoms with van der Waals surface area (Å²) in [5, 5.41) is 1.19. The monoisotopic (exact) mass is 396 g/mol. The molecule has 19 heavy (non-hydrogen) atoms. The van der Waals surface area contributed by atoms with E-state index >= 15 is 0 Å². The predicted octanol–water partition coefficient (Wildman–Crippen LogP) is 6.12. The van der Waals surface area contributed by atoms with Crippen molar-refractivity contribution >= 4 is 73.2 Å². The number of benzene rings is 1. The van der Waals surface area contributed by atoms with Crippen LogP contribution in [0.2, 0.25) is 15.2 Å². The molecule has 0 N–H and O–H groups in total. The molecule has 0 amide bonds. The SMILES string of the molecule is ClC(=Nc1cccc(Cl)c1Cl)c1cc(Br)cnc1Cl. The van der Waals surface area contributed by atoms with Gasteiger partial charge in [0, 0.05) is 10.7 Å². The molecule has 0 saturated heterocycles. The minimum Gasteiger partial charge on any atom is -0.243 e. The van der Waals surface area contributed by atoms with Crippen LogP contribution in [0, 0.1) is 0 Å². The van der Waals surface area contributed by atoms with Crippen molar-refractivity contribution in [1.82, 2.24) is 4.98 Å². The third-order valence-corrected chi connectivity index (χ3v) is 4.01. The van der Waals surface area contributed by atoms with Crippen molar-refractivity contribution in [2.24, 2.45) is 4.99 Å². The molecule has 2 aromatic rings. The fraction of sp³-hybridized carbons (Fsp3) is 0. The minimum absolute atomic E-state index is 0.183. The van der Waals surface area contributed by atoms with Crippen LogP contribution in [0.4, 0.5) is 5.69 Å². The molecule has 2 nitrogen and oxygen atoms in total. The van der Waals surface area contributed by atoms with E-state index in [1.807, 2.05) is 0 Å². The Kier molecular flexibility index (Phi) is 5.09. The van der Waals surface area contributed by atoms with Gasteiger partial charge in [0.15, 0.2) is 0 Å². The number of aromatic nitrogens is 1. The van der Waals surface area contributed by atoms with Crippen molar-refractivity contribution in [1.29, 1.82) is 0 Å². The lowest BCUT2D eigenvalue weighted by Crippen LogP contribution is -1.94. The Labute approximate surface area is 138 Å². The number of nitrogens with zero attached hydrogens (tertiary/aromatic N) is 2. The zero-order valence-corrected chi connectivity index (χ0v) is 13.8. The molecule has 0 fully saturated rings. The summed E-state index contributed by atoms with van der Waals surface area (Å²) in [6, 6.07) is 6.83. The van der Waals surface area contributed by atoms with Gasteiger partial charge >= 0.3 is 0 Å². The van der Waals surface area contributed by atoms with E-state index in [9.17, 15) is 0 Å². The fourth-order valence-corrected chi connectivity index (χ4v) is 2.46. The second-order valence-corrected chi connectivity index (χ2v) is 5.88. The van der Waals surface area contributed by atoms with Gasteiger partial charge in [-0.3, -0.25) is 0 Å². The first kappa shape index (κ1) is 15.1. The Morgan fingerprint density at radius 2 is 1.95 bits per heavy atom. The molecule has 1 heterocycles. The molecular weight excluding hydrogens is 394 g/mol. The Bertz CT molecular complexity index is 658. The molecule has 0 aliphatic rings. The standard InChI is InChI=1S/C12H5BrCl4N2/c13-6-4-7(11(16)18-5-6)12(17)19-9-3-1-2-8(14)10(9)15/h1-5H. The van der Waals surface area contributed by atoms with Gasteiger partial charge in [0.2, 0.25) is 0 Å².